The van der Waals surface area contributed by atoms with Crippen molar-refractivity contribution >= 4 is 11.5 Å². The molecule has 0 heterocycles. The van der Waals surface area contributed by atoms with Crippen molar-refractivity contribution in [3.63, 3.8) is 0 Å². The van der Waals surface area contributed by atoms with E-state index in [1.807, 2.05) is 18.7 Å². The van der Waals surface area contributed by atoms with Gasteiger partial charge in [-0.2, -0.15) is 0 Å². The van der Waals surface area contributed by atoms with Crippen molar-refractivity contribution in [2.75, 3.05) is 11.4 Å². The second-order valence-electron chi connectivity index (χ2n) is 3.42. The Balaban J connectivity index is 2.82. The van der Waals surface area contributed by atoms with Gasteiger partial charge in [0, 0.05) is 18.7 Å². The smallest absolute Gasteiger partial charge is 0.123 e. The van der Waals surface area contributed by atoms with Crippen LogP contribution in [0.15, 0.2) is 24.3 Å². The Bertz CT molecular complexity index is 319. The Labute approximate surface area is 90.2 Å². The van der Waals surface area contributed by atoms with E-state index < -0.39 is 0 Å². The predicted octanol–water partition coefficient (Wildman–Crippen LogP) is 3.43. The molecule has 0 amide bonds. The largest absolute Gasteiger partial charge is 0.331 e. The molecular formula is C12H17FN2. The van der Waals surface area contributed by atoms with E-state index >= 15 is 0 Å². The van der Waals surface area contributed by atoms with Gasteiger partial charge in [0.25, 0.3) is 0 Å². The van der Waals surface area contributed by atoms with Gasteiger partial charge in [0.2, 0.25) is 0 Å². The molecule has 0 fully saturated rings. The maximum absolute atomic E-state index is 12.7. The second-order valence-corrected chi connectivity index (χ2v) is 3.42. The predicted molar refractivity (Wildman–Crippen MR) is 62.1 cm³/mol. The first-order valence-corrected chi connectivity index (χ1v) is 5.29. The number of halogens is 1. The van der Waals surface area contributed by atoms with Crippen LogP contribution in [0.5, 0.6) is 0 Å². The first-order chi connectivity index (χ1) is 7.19. The molecule has 1 rings (SSSR count). The Morgan fingerprint density at radius 3 is 2.33 bits per heavy atom. The van der Waals surface area contributed by atoms with Crippen molar-refractivity contribution in [1.29, 1.82) is 5.41 Å². The molecule has 0 aliphatic rings. The zero-order valence-corrected chi connectivity index (χ0v) is 9.26. The number of hydrogen-bond acceptors (Lipinski definition) is 1. The molecule has 0 aliphatic heterocycles. The molecule has 0 spiro atoms. The summed E-state index contributed by atoms with van der Waals surface area (Å²) in [4.78, 5) is 1.89. The van der Waals surface area contributed by atoms with Gasteiger partial charge >= 0.3 is 0 Å². The number of nitrogens with one attached hydrogen (secondary N) is 1. The van der Waals surface area contributed by atoms with Gasteiger partial charge in [0.1, 0.15) is 11.7 Å². The molecule has 0 radical (unpaired) electrons. The van der Waals surface area contributed by atoms with E-state index in [0.717, 1.165) is 25.1 Å². The van der Waals surface area contributed by atoms with Crippen molar-refractivity contribution in [3.8, 4) is 0 Å². The minimum absolute atomic E-state index is 0.239. The molecule has 1 N–H and O–H groups in total. The number of rotatable bonds is 4. The van der Waals surface area contributed by atoms with Crippen LogP contribution < -0.4 is 4.90 Å². The lowest BCUT2D eigenvalue weighted by Gasteiger charge is -2.23. The molecule has 3 heteroatoms. The molecule has 0 unspecified atom stereocenters. The molecule has 1 aromatic rings. The minimum atomic E-state index is -0.239. The normalized spacial score (nSPS) is 10.1. The Kier molecular flexibility index (Phi) is 4.28. The number of nitrogens with zero attached hydrogens (tertiary/aromatic N) is 1. The second kappa shape index (κ2) is 5.49. The molecule has 0 atom stereocenters. The van der Waals surface area contributed by atoms with Crippen LogP contribution in [-0.4, -0.2) is 12.4 Å². The van der Waals surface area contributed by atoms with Gasteiger partial charge in [-0.25, -0.2) is 4.39 Å². The van der Waals surface area contributed by atoms with Gasteiger partial charge < -0.3 is 4.90 Å². The highest BCUT2D eigenvalue weighted by Crippen LogP contribution is 2.16. The molecule has 0 aromatic heterocycles. The van der Waals surface area contributed by atoms with Gasteiger partial charge in [0.05, 0.1) is 0 Å². The Morgan fingerprint density at radius 1 is 1.27 bits per heavy atom. The summed E-state index contributed by atoms with van der Waals surface area (Å²) < 4.78 is 12.7. The third-order valence-corrected chi connectivity index (χ3v) is 2.27. The van der Waals surface area contributed by atoms with E-state index in [-0.39, 0.29) is 5.82 Å². The van der Waals surface area contributed by atoms with Gasteiger partial charge in [-0.05, 0) is 37.6 Å². The number of amidine groups is 1. The van der Waals surface area contributed by atoms with E-state index in [4.69, 9.17) is 5.41 Å². The third-order valence-electron chi connectivity index (χ3n) is 2.27. The van der Waals surface area contributed by atoms with Crippen molar-refractivity contribution in [2.45, 2.75) is 26.7 Å². The monoisotopic (exact) mass is 208 g/mol. The van der Waals surface area contributed by atoms with E-state index in [9.17, 15) is 4.39 Å². The SMILES string of the molecule is CCCC(=N)N(CC)c1ccc(F)cc1. The highest BCUT2D eigenvalue weighted by Gasteiger charge is 2.08. The molecule has 82 valence electrons. The van der Waals surface area contributed by atoms with Crippen LogP contribution in [0, 0.1) is 11.2 Å². The van der Waals surface area contributed by atoms with Gasteiger partial charge in [-0.3, -0.25) is 5.41 Å². The lowest BCUT2D eigenvalue weighted by atomic mass is 10.2. The fourth-order valence-electron chi connectivity index (χ4n) is 1.52. The molecule has 0 saturated heterocycles. The molecule has 1 aromatic carbocycles. The minimum Gasteiger partial charge on any atom is -0.331 e. The Hall–Kier alpha value is -1.38. The van der Waals surface area contributed by atoms with Crippen LogP contribution in [0.1, 0.15) is 26.7 Å². The van der Waals surface area contributed by atoms with E-state index in [1.165, 1.54) is 12.1 Å². The van der Waals surface area contributed by atoms with Crippen LogP contribution >= 0.6 is 0 Å². The van der Waals surface area contributed by atoms with Crippen LogP contribution in [0.3, 0.4) is 0 Å². The summed E-state index contributed by atoms with van der Waals surface area (Å²) in [6.45, 7) is 4.78. The molecule has 15 heavy (non-hydrogen) atoms. The topological polar surface area (TPSA) is 27.1 Å². The van der Waals surface area contributed by atoms with Crippen molar-refractivity contribution in [2.24, 2.45) is 0 Å². The van der Waals surface area contributed by atoms with E-state index in [0.29, 0.717) is 5.84 Å². The first-order valence-electron chi connectivity index (χ1n) is 5.29. The van der Waals surface area contributed by atoms with E-state index in [2.05, 4.69) is 0 Å². The fraction of sp³-hybridized carbons (Fsp3) is 0.417. The zero-order chi connectivity index (χ0) is 11.3. The highest BCUT2D eigenvalue weighted by atomic mass is 19.1. The molecule has 0 bridgehead atoms. The summed E-state index contributed by atoms with van der Waals surface area (Å²) in [5, 5.41) is 7.87. The summed E-state index contributed by atoms with van der Waals surface area (Å²) in [5.41, 5.74) is 0.886. The highest BCUT2D eigenvalue weighted by molar-refractivity contribution is 5.95. The van der Waals surface area contributed by atoms with Gasteiger partial charge in [0.15, 0.2) is 0 Å². The quantitative estimate of drug-likeness (QED) is 0.595. The number of benzene rings is 1. The summed E-state index contributed by atoms with van der Waals surface area (Å²) in [6.07, 6.45) is 1.71. The summed E-state index contributed by atoms with van der Waals surface area (Å²) >= 11 is 0. The molecule has 0 aliphatic carbocycles. The average Bonchev–Trinajstić information content (AvgIpc) is 2.22. The molecular weight excluding hydrogens is 191 g/mol. The molecule has 0 saturated carbocycles. The van der Waals surface area contributed by atoms with Crippen molar-refractivity contribution in [1.82, 2.24) is 0 Å². The zero-order valence-electron chi connectivity index (χ0n) is 9.26. The van der Waals surface area contributed by atoms with Crippen LogP contribution in [0.4, 0.5) is 10.1 Å². The third kappa shape index (κ3) is 3.05. The molecule has 2 nitrogen and oxygen atoms in total. The summed E-state index contributed by atoms with van der Waals surface area (Å²) in [5.74, 6) is 0.350. The van der Waals surface area contributed by atoms with Crippen LogP contribution in [0.2, 0.25) is 0 Å². The summed E-state index contributed by atoms with van der Waals surface area (Å²) in [7, 11) is 0. The average molecular weight is 208 g/mol. The lowest BCUT2D eigenvalue weighted by Crippen LogP contribution is -2.29. The number of anilines is 1. The number of hydrogen-bond donors (Lipinski definition) is 1. The Morgan fingerprint density at radius 2 is 1.87 bits per heavy atom. The van der Waals surface area contributed by atoms with Crippen molar-refractivity contribution in [3.05, 3.63) is 30.1 Å². The standard InChI is InChI=1S/C12H17FN2/c1-3-5-12(14)15(4-2)11-8-6-10(13)7-9-11/h6-9,14H,3-5H2,1-2H3. The van der Waals surface area contributed by atoms with Crippen LogP contribution in [0.25, 0.3) is 0 Å². The maximum atomic E-state index is 12.7. The van der Waals surface area contributed by atoms with Crippen molar-refractivity contribution < 1.29 is 4.39 Å². The summed E-state index contributed by atoms with van der Waals surface area (Å²) in [6, 6.07) is 6.28. The first kappa shape index (κ1) is 11.7. The lowest BCUT2D eigenvalue weighted by molar-refractivity contribution is 0.628. The van der Waals surface area contributed by atoms with Crippen LogP contribution in [-0.2, 0) is 0 Å². The van der Waals surface area contributed by atoms with Gasteiger partial charge in [-0.15, -0.1) is 0 Å². The van der Waals surface area contributed by atoms with Gasteiger partial charge in [-0.1, -0.05) is 6.92 Å². The fourth-order valence-corrected chi connectivity index (χ4v) is 1.52. The maximum Gasteiger partial charge on any atom is 0.123 e. The van der Waals surface area contributed by atoms with E-state index in [1.54, 1.807) is 12.1 Å².